The van der Waals surface area contributed by atoms with E-state index in [1.807, 2.05) is 0 Å². The molecule has 1 aromatic carbocycles. The van der Waals surface area contributed by atoms with Crippen LogP contribution in [0.25, 0.3) is 0 Å². The molecule has 2 aliphatic heterocycles. The van der Waals surface area contributed by atoms with Gasteiger partial charge < -0.3 is 15.4 Å². The van der Waals surface area contributed by atoms with Crippen LogP contribution in [0.5, 0.6) is 0 Å². The number of nitrogens with one attached hydrogen (secondary N) is 2. The predicted molar refractivity (Wildman–Crippen MR) is 64.3 cm³/mol. The molecular formula is C11H12BrFN2O. The lowest BCUT2D eigenvalue weighted by Gasteiger charge is -2.15. The number of anilines is 2. The highest BCUT2D eigenvalue weighted by atomic mass is 79.9. The molecule has 2 unspecified atom stereocenters. The summed E-state index contributed by atoms with van der Waals surface area (Å²) >= 11 is 3.19. The van der Waals surface area contributed by atoms with Crippen LogP contribution in [0.2, 0.25) is 0 Å². The summed E-state index contributed by atoms with van der Waals surface area (Å²) in [7, 11) is 0. The first-order chi connectivity index (χ1) is 7.74. The van der Waals surface area contributed by atoms with Crippen molar-refractivity contribution in [1.82, 2.24) is 0 Å². The molecule has 3 nitrogen and oxygen atoms in total. The second-order valence-corrected chi connectivity index (χ2v) is 5.10. The summed E-state index contributed by atoms with van der Waals surface area (Å²) in [6.45, 7) is 2.33. The number of halogens is 2. The fourth-order valence-electron chi connectivity index (χ4n) is 2.21. The van der Waals surface area contributed by atoms with Crippen molar-refractivity contribution >= 4 is 27.3 Å². The Morgan fingerprint density at radius 3 is 3.06 bits per heavy atom. The zero-order valence-electron chi connectivity index (χ0n) is 8.59. The SMILES string of the molecule is Fc1cc2c(cc1Br)NCC1COCC1N2. The Bertz CT molecular complexity index is 427. The molecule has 1 fully saturated rings. The van der Waals surface area contributed by atoms with Gasteiger partial charge in [0.2, 0.25) is 0 Å². The van der Waals surface area contributed by atoms with Gasteiger partial charge in [0.1, 0.15) is 5.82 Å². The summed E-state index contributed by atoms with van der Waals surface area (Å²) in [5.41, 5.74) is 1.77. The van der Waals surface area contributed by atoms with Crippen LogP contribution in [-0.2, 0) is 4.74 Å². The molecule has 3 rings (SSSR count). The molecule has 0 saturated carbocycles. The molecule has 1 saturated heterocycles. The minimum atomic E-state index is -0.245. The number of hydrogen-bond acceptors (Lipinski definition) is 3. The first-order valence-corrected chi connectivity index (χ1v) is 6.10. The molecule has 0 amide bonds. The second-order valence-electron chi connectivity index (χ2n) is 4.24. The van der Waals surface area contributed by atoms with Crippen LogP contribution in [-0.4, -0.2) is 25.8 Å². The van der Waals surface area contributed by atoms with Crippen molar-refractivity contribution in [2.24, 2.45) is 5.92 Å². The number of ether oxygens (including phenoxy) is 1. The molecule has 2 atom stereocenters. The fourth-order valence-corrected chi connectivity index (χ4v) is 2.56. The molecular weight excluding hydrogens is 275 g/mol. The van der Waals surface area contributed by atoms with Crippen molar-refractivity contribution in [3.8, 4) is 0 Å². The van der Waals surface area contributed by atoms with Crippen LogP contribution in [0.4, 0.5) is 15.8 Å². The maximum absolute atomic E-state index is 13.4. The van der Waals surface area contributed by atoms with Crippen LogP contribution in [0.15, 0.2) is 16.6 Å². The Balaban J connectivity index is 1.97. The van der Waals surface area contributed by atoms with Gasteiger partial charge in [-0.1, -0.05) is 0 Å². The van der Waals surface area contributed by atoms with E-state index in [-0.39, 0.29) is 11.9 Å². The number of fused-ring (bicyclic) bond motifs is 2. The molecule has 2 N–H and O–H groups in total. The lowest BCUT2D eigenvalue weighted by atomic mass is 10.0. The van der Waals surface area contributed by atoms with Crippen LogP contribution in [0, 0.1) is 11.7 Å². The van der Waals surface area contributed by atoms with Crippen LogP contribution >= 0.6 is 15.9 Å². The third kappa shape index (κ3) is 1.68. The van der Waals surface area contributed by atoms with Gasteiger partial charge in [0.25, 0.3) is 0 Å². The van der Waals surface area contributed by atoms with Crippen molar-refractivity contribution in [2.75, 3.05) is 30.4 Å². The Labute approximate surface area is 101 Å². The predicted octanol–water partition coefficient (Wildman–Crippen LogP) is 2.44. The normalized spacial score (nSPS) is 27.4. The monoisotopic (exact) mass is 286 g/mol. The van der Waals surface area contributed by atoms with Gasteiger partial charge in [-0.25, -0.2) is 4.39 Å². The quantitative estimate of drug-likeness (QED) is 0.769. The lowest BCUT2D eigenvalue weighted by molar-refractivity contribution is 0.186. The van der Waals surface area contributed by atoms with Crippen molar-refractivity contribution < 1.29 is 9.13 Å². The van der Waals surface area contributed by atoms with Gasteiger partial charge in [-0.3, -0.25) is 0 Å². The molecule has 0 aliphatic carbocycles. The van der Waals surface area contributed by atoms with E-state index in [4.69, 9.17) is 4.74 Å². The third-order valence-corrected chi connectivity index (χ3v) is 3.76. The van der Waals surface area contributed by atoms with Gasteiger partial charge >= 0.3 is 0 Å². The smallest absolute Gasteiger partial charge is 0.139 e. The van der Waals surface area contributed by atoms with Crippen molar-refractivity contribution in [1.29, 1.82) is 0 Å². The van der Waals surface area contributed by atoms with Crippen LogP contribution < -0.4 is 10.6 Å². The van der Waals surface area contributed by atoms with E-state index in [9.17, 15) is 4.39 Å². The minimum absolute atomic E-state index is 0.245. The second kappa shape index (κ2) is 3.89. The van der Waals surface area contributed by atoms with Gasteiger partial charge in [-0.2, -0.15) is 0 Å². The van der Waals surface area contributed by atoms with E-state index in [1.54, 1.807) is 6.07 Å². The van der Waals surface area contributed by atoms with E-state index in [1.165, 1.54) is 6.07 Å². The largest absolute Gasteiger partial charge is 0.383 e. The number of hydrogen-bond donors (Lipinski definition) is 2. The summed E-state index contributed by atoms with van der Waals surface area (Å²) < 4.78 is 19.3. The molecule has 0 spiro atoms. The highest BCUT2D eigenvalue weighted by molar-refractivity contribution is 9.10. The maximum atomic E-state index is 13.4. The summed E-state index contributed by atoms with van der Waals surface area (Å²) in [6, 6.07) is 3.58. The molecule has 2 heterocycles. The highest BCUT2D eigenvalue weighted by Crippen LogP contribution is 2.33. The van der Waals surface area contributed by atoms with Crippen LogP contribution in [0.3, 0.4) is 0 Å². The Kier molecular flexibility index (Phi) is 2.52. The standard InChI is InChI=1S/C11H12BrFN2O/c12-7-1-9-10(2-8(7)13)15-11-5-16-4-6(11)3-14-9/h1-2,6,11,14-15H,3-5H2. The fraction of sp³-hybridized carbons (Fsp3) is 0.455. The van der Waals surface area contributed by atoms with E-state index >= 15 is 0 Å². The lowest BCUT2D eigenvalue weighted by Crippen LogP contribution is -2.29. The molecule has 5 heteroatoms. The molecule has 86 valence electrons. The Morgan fingerprint density at radius 1 is 1.31 bits per heavy atom. The van der Waals surface area contributed by atoms with E-state index in [0.29, 0.717) is 17.0 Å². The highest BCUT2D eigenvalue weighted by Gasteiger charge is 2.31. The molecule has 2 aliphatic rings. The van der Waals surface area contributed by atoms with E-state index < -0.39 is 0 Å². The summed E-state index contributed by atoms with van der Waals surface area (Å²) in [5, 5.41) is 6.67. The van der Waals surface area contributed by atoms with Gasteiger partial charge in [0, 0.05) is 18.5 Å². The van der Waals surface area contributed by atoms with Gasteiger partial charge in [0.05, 0.1) is 35.1 Å². The third-order valence-electron chi connectivity index (χ3n) is 3.15. The van der Waals surface area contributed by atoms with Crippen molar-refractivity contribution in [3.05, 3.63) is 22.4 Å². The van der Waals surface area contributed by atoms with Gasteiger partial charge in [0.15, 0.2) is 0 Å². The van der Waals surface area contributed by atoms with E-state index in [0.717, 1.165) is 24.5 Å². The maximum Gasteiger partial charge on any atom is 0.139 e. The van der Waals surface area contributed by atoms with Crippen molar-refractivity contribution in [3.63, 3.8) is 0 Å². The van der Waals surface area contributed by atoms with E-state index in [2.05, 4.69) is 26.6 Å². The average Bonchev–Trinajstić information content (AvgIpc) is 2.63. The summed E-state index contributed by atoms with van der Waals surface area (Å²) in [5.74, 6) is 0.208. The number of rotatable bonds is 0. The Morgan fingerprint density at radius 2 is 2.19 bits per heavy atom. The van der Waals surface area contributed by atoms with Crippen molar-refractivity contribution in [2.45, 2.75) is 6.04 Å². The molecule has 1 aromatic rings. The molecule has 0 aromatic heterocycles. The Hall–Kier alpha value is -0.810. The zero-order chi connectivity index (χ0) is 11.1. The molecule has 16 heavy (non-hydrogen) atoms. The summed E-state index contributed by atoms with van der Waals surface area (Å²) in [6.07, 6.45) is 0. The van der Waals surface area contributed by atoms with Gasteiger partial charge in [-0.15, -0.1) is 0 Å². The molecule has 0 bridgehead atoms. The zero-order valence-corrected chi connectivity index (χ0v) is 10.2. The summed E-state index contributed by atoms with van der Waals surface area (Å²) in [4.78, 5) is 0. The van der Waals surface area contributed by atoms with Crippen LogP contribution in [0.1, 0.15) is 0 Å². The minimum Gasteiger partial charge on any atom is -0.383 e. The van der Waals surface area contributed by atoms with Gasteiger partial charge in [-0.05, 0) is 22.0 Å². The topological polar surface area (TPSA) is 33.3 Å². The average molecular weight is 287 g/mol. The first kappa shape index (κ1) is 10.4. The first-order valence-electron chi connectivity index (χ1n) is 5.31. The molecule has 0 radical (unpaired) electrons. The number of benzene rings is 1.